The third-order valence-corrected chi connectivity index (χ3v) is 6.16. The Morgan fingerprint density at radius 3 is 2.60 bits per heavy atom. The number of methoxy groups -OCH3 is 1. The van der Waals surface area contributed by atoms with Gasteiger partial charge >= 0.3 is 11.6 Å². The molecule has 1 aliphatic rings. The van der Waals surface area contributed by atoms with E-state index >= 15 is 0 Å². The Kier molecular flexibility index (Phi) is 5.91. The molecule has 7 heteroatoms. The molecule has 0 fully saturated rings. The molecule has 0 amide bonds. The summed E-state index contributed by atoms with van der Waals surface area (Å²) in [6, 6.07) is 18.4. The molecule has 0 atom stereocenters. The minimum absolute atomic E-state index is 0.248. The number of rotatable bonds is 5. The lowest BCUT2D eigenvalue weighted by Crippen LogP contribution is -2.33. The first-order chi connectivity index (χ1) is 17.0. The predicted octanol–water partition coefficient (Wildman–Crippen LogP) is 5.31. The number of para-hydroxylation sites is 1. The summed E-state index contributed by atoms with van der Waals surface area (Å²) in [4.78, 5) is 26.9. The van der Waals surface area contributed by atoms with E-state index in [0.717, 1.165) is 39.1 Å². The van der Waals surface area contributed by atoms with Crippen molar-refractivity contribution in [2.45, 2.75) is 20.4 Å². The van der Waals surface area contributed by atoms with Gasteiger partial charge in [-0.2, -0.15) is 0 Å². The van der Waals surface area contributed by atoms with Gasteiger partial charge in [-0.1, -0.05) is 24.3 Å². The standard InChI is InChI=1S/C28H25NO6/c1-4-33-28(31)21-7-5-6-8-24(21)29-15-19-13-23-22(18-9-11-20(32-3)12-10-18)14-25(30)35-27(23)17(2)26(19)34-16-29/h5-14H,4,15-16H2,1-3H3. The lowest BCUT2D eigenvalue weighted by atomic mass is 9.96. The topological polar surface area (TPSA) is 78.2 Å². The first-order valence-electron chi connectivity index (χ1n) is 11.4. The van der Waals surface area contributed by atoms with Crippen molar-refractivity contribution in [3.8, 4) is 22.6 Å². The van der Waals surface area contributed by atoms with Crippen LogP contribution in [0.5, 0.6) is 11.5 Å². The number of nitrogens with zero attached hydrogens (tertiary/aromatic N) is 1. The number of hydrogen-bond acceptors (Lipinski definition) is 7. The number of carbonyl (C=O) groups is 1. The van der Waals surface area contributed by atoms with Crippen LogP contribution in [0.1, 0.15) is 28.4 Å². The highest BCUT2D eigenvalue weighted by Crippen LogP contribution is 2.39. The van der Waals surface area contributed by atoms with Crippen molar-refractivity contribution in [3.63, 3.8) is 0 Å². The van der Waals surface area contributed by atoms with Crippen LogP contribution in [0.25, 0.3) is 22.1 Å². The van der Waals surface area contributed by atoms with Crippen LogP contribution in [0.2, 0.25) is 0 Å². The Morgan fingerprint density at radius 2 is 1.86 bits per heavy atom. The van der Waals surface area contributed by atoms with Gasteiger partial charge in [0.15, 0.2) is 6.73 Å². The maximum absolute atomic E-state index is 12.5. The maximum Gasteiger partial charge on any atom is 0.340 e. The summed E-state index contributed by atoms with van der Waals surface area (Å²) < 4.78 is 22.3. The SMILES string of the molecule is CCOC(=O)c1ccccc1N1COc2c(cc3c(-c4ccc(OC)cc4)cc(=O)oc3c2C)C1. The summed E-state index contributed by atoms with van der Waals surface area (Å²) in [5.41, 5.74) is 4.66. The van der Waals surface area contributed by atoms with Crippen molar-refractivity contribution in [2.75, 3.05) is 25.3 Å². The van der Waals surface area contributed by atoms with E-state index in [2.05, 4.69) is 0 Å². The van der Waals surface area contributed by atoms with Gasteiger partial charge in [-0.25, -0.2) is 9.59 Å². The zero-order valence-electron chi connectivity index (χ0n) is 19.8. The Balaban J connectivity index is 1.61. The smallest absolute Gasteiger partial charge is 0.340 e. The second-order valence-corrected chi connectivity index (χ2v) is 8.28. The van der Waals surface area contributed by atoms with Gasteiger partial charge in [-0.3, -0.25) is 0 Å². The fourth-order valence-corrected chi connectivity index (χ4v) is 4.52. The van der Waals surface area contributed by atoms with E-state index in [-0.39, 0.29) is 12.7 Å². The lowest BCUT2D eigenvalue weighted by molar-refractivity contribution is 0.0527. The molecule has 35 heavy (non-hydrogen) atoms. The van der Waals surface area contributed by atoms with Crippen LogP contribution in [0.15, 0.2) is 69.9 Å². The van der Waals surface area contributed by atoms with Crippen LogP contribution >= 0.6 is 0 Å². The molecule has 0 aliphatic carbocycles. The van der Waals surface area contributed by atoms with Crippen LogP contribution in [-0.4, -0.2) is 26.4 Å². The number of aryl methyl sites for hydroxylation is 1. The quantitative estimate of drug-likeness (QED) is 0.288. The van der Waals surface area contributed by atoms with Gasteiger partial charge < -0.3 is 23.5 Å². The summed E-state index contributed by atoms with van der Waals surface area (Å²) in [6.45, 7) is 4.75. The Morgan fingerprint density at radius 1 is 1.09 bits per heavy atom. The Bertz CT molecular complexity index is 1470. The van der Waals surface area contributed by atoms with Crippen LogP contribution in [0.3, 0.4) is 0 Å². The highest BCUT2D eigenvalue weighted by molar-refractivity contribution is 5.97. The first kappa shape index (κ1) is 22.5. The summed E-state index contributed by atoms with van der Waals surface area (Å²) in [7, 11) is 1.61. The average molecular weight is 472 g/mol. The minimum Gasteiger partial charge on any atom is -0.497 e. The van der Waals surface area contributed by atoms with Crippen molar-refractivity contribution in [1.29, 1.82) is 0 Å². The van der Waals surface area contributed by atoms with Crippen LogP contribution < -0.4 is 20.0 Å². The van der Waals surface area contributed by atoms with Crippen molar-refractivity contribution in [2.24, 2.45) is 0 Å². The van der Waals surface area contributed by atoms with E-state index in [1.165, 1.54) is 6.07 Å². The number of fused-ring (bicyclic) bond motifs is 2. The molecule has 0 N–H and O–H groups in total. The predicted molar refractivity (Wildman–Crippen MR) is 133 cm³/mol. The highest BCUT2D eigenvalue weighted by atomic mass is 16.5. The average Bonchev–Trinajstić information content (AvgIpc) is 2.89. The van der Waals surface area contributed by atoms with Gasteiger partial charge in [0.1, 0.15) is 17.1 Å². The molecule has 1 aromatic heterocycles. The molecule has 1 aliphatic heterocycles. The molecular weight excluding hydrogens is 446 g/mol. The van der Waals surface area contributed by atoms with E-state index in [4.69, 9.17) is 18.6 Å². The third-order valence-electron chi connectivity index (χ3n) is 6.16. The third kappa shape index (κ3) is 4.10. The zero-order valence-corrected chi connectivity index (χ0v) is 19.8. The summed E-state index contributed by atoms with van der Waals surface area (Å²) in [6.07, 6.45) is 0. The molecule has 0 radical (unpaired) electrons. The molecule has 0 bridgehead atoms. The molecule has 0 spiro atoms. The van der Waals surface area contributed by atoms with Crippen LogP contribution in [0, 0.1) is 6.92 Å². The zero-order chi connectivity index (χ0) is 24.5. The van der Waals surface area contributed by atoms with Gasteiger partial charge in [-0.05, 0) is 55.3 Å². The molecule has 5 rings (SSSR count). The highest BCUT2D eigenvalue weighted by Gasteiger charge is 2.26. The molecule has 3 aromatic carbocycles. The van der Waals surface area contributed by atoms with Gasteiger partial charge in [0.2, 0.25) is 0 Å². The van der Waals surface area contributed by atoms with Gasteiger partial charge in [0.05, 0.1) is 25.0 Å². The van der Waals surface area contributed by atoms with E-state index in [1.807, 2.05) is 60.4 Å². The first-order valence-corrected chi connectivity index (χ1v) is 11.4. The van der Waals surface area contributed by atoms with Gasteiger partial charge in [0.25, 0.3) is 0 Å². The fraction of sp³-hybridized carbons (Fsp3) is 0.214. The summed E-state index contributed by atoms with van der Waals surface area (Å²) >= 11 is 0. The second kappa shape index (κ2) is 9.18. The Hall–Kier alpha value is -4.26. The second-order valence-electron chi connectivity index (χ2n) is 8.28. The van der Waals surface area contributed by atoms with Crippen LogP contribution in [-0.2, 0) is 11.3 Å². The number of anilines is 1. The molecule has 178 valence electrons. The molecular formula is C28H25NO6. The summed E-state index contributed by atoms with van der Waals surface area (Å²) in [5.74, 6) is 1.06. The summed E-state index contributed by atoms with van der Waals surface area (Å²) in [5, 5.41) is 0.815. The van der Waals surface area contributed by atoms with Gasteiger partial charge in [-0.15, -0.1) is 0 Å². The van der Waals surface area contributed by atoms with Crippen LogP contribution in [0.4, 0.5) is 5.69 Å². The number of carbonyl (C=O) groups excluding carboxylic acids is 1. The van der Waals surface area contributed by atoms with E-state index in [0.29, 0.717) is 30.0 Å². The van der Waals surface area contributed by atoms with Crippen molar-refractivity contribution in [3.05, 3.63) is 87.8 Å². The fourth-order valence-electron chi connectivity index (χ4n) is 4.52. The van der Waals surface area contributed by atoms with Crippen molar-refractivity contribution in [1.82, 2.24) is 0 Å². The molecule has 0 saturated heterocycles. The largest absolute Gasteiger partial charge is 0.497 e. The van der Waals surface area contributed by atoms with Crippen molar-refractivity contribution < 1.29 is 23.4 Å². The molecule has 4 aromatic rings. The van der Waals surface area contributed by atoms with E-state index < -0.39 is 5.63 Å². The lowest BCUT2D eigenvalue weighted by Gasteiger charge is -2.33. The maximum atomic E-state index is 12.5. The molecule has 0 saturated carbocycles. The Labute approximate surface area is 202 Å². The number of esters is 1. The molecule has 0 unspecified atom stereocenters. The minimum atomic E-state index is -0.424. The molecule has 2 heterocycles. The monoisotopic (exact) mass is 471 g/mol. The number of ether oxygens (including phenoxy) is 3. The van der Waals surface area contributed by atoms with E-state index in [1.54, 1.807) is 20.1 Å². The van der Waals surface area contributed by atoms with Crippen molar-refractivity contribution >= 4 is 22.6 Å². The molecule has 7 nitrogen and oxygen atoms in total. The van der Waals surface area contributed by atoms with Gasteiger partial charge in [0, 0.05) is 29.1 Å². The normalized spacial score (nSPS) is 12.7. The number of hydrogen-bond donors (Lipinski definition) is 0. The van der Waals surface area contributed by atoms with E-state index in [9.17, 15) is 9.59 Å². The number of benzene rings is 3.